The van der Waals surface area contributed by atoms with Crippen molar-refractivity contribution in [3.05, 3.63) is 23.8 Å². The summed E-state index contributed by atoms with van der Waals surface area (Å²) in [5.41, 5.74) is 0.838. The van der Waals surface area contributed by atoms with Gasteiger partial charge in [-0.1, -0.05) is 6.07 Å². The van der Waals surface area contributed by atoms with E-state index in [4.69, 9.17) is 15.0 Å². The topological polar surface area (TPSA) is 102 Å². The predicted octanol–water partition coefficient (Wildman–Crippen LogP) is -0.533. The number of rotatable bonds is 7. The van der Waals surface area contributed by atoms with E-state index in [0.717, 1.165) is 5.56 Å². The molecule has 0 bridgehead atoms. The third-order valence-corrected chi connectivity index (χ3v) is 3.35. The van der Waals surface area contributed by atoms with Crippen LogP contribution in [0.25, 0.3) is 0 Å². The number of nitrogens with one attached hydrogen (secondary N) is 1. The minimum absolute atomic E-state index is 0.00958. The van der Waals surface area contributed by atoms with Gasteiger partial charge in [-0.15, -0.1) is 0 Å². The molecule has 0 aliphatic carbocycles. The summed E-state index contributed by atoms with van der Waals surface area (Å²) in [5.74, 6) is 0.240. The van der Waals surface area contributed by atoms with Crippen molar-refractivity contribution in [1.82, 2.24) is 5.32 Å². The maximum absolute atomic E-state index is 11.4. The van der Waals surface area contributed by atoms with Gasteiger partial charge in [-0.3, -0.25) is 0 Å². The molecule has 0 aromatic heterocycles. The van der Waals surface area contributed by atoms with Crippen molar-refractivity contribution in [3.8, 4) is 5.75 Å². The Kier molecular flexibility index (Phi) is 5.54. The molecule has 6 nitrogen and oxygen atoms in total. The van der Waals surface area contributed by atoms with Crippen LogP contribution in [0, 0.1) is 0 Å². The zero-order valence-electron chi connectivity index (χ0n) is 10.2. The van der Waals surface area contributed by atoms with Crippen LogP contribution in [0.4, 0.5) is 0 Å². The fourth-order valence-electron chi connectivity index (χ4n) is 1.54. The number of aliphatic hydroxyl groups excluding tert-OH is 1. The maximum Gasteiger partial charge on any atom is 0.241 e. The summed E-state index contributed by atoms with van der Waals surface area (Å²) in [4.78, 5) is -0.00958. The van der Waals surface area contributed by atoms with Gasteiger partial charge in [0, 0.05) is 6.54 Å². The van der Waals surface area contributed by atoms with Crippen LogP contribution in [0.15, 0.2) is 23.1 Å². The van der Waals surface area contributed by atoms with Gasteiger partial charge in [0.05, 0.1) is 13.7 Å². The summed E-state index contributed by atoms with van der Waals surface area (Å²) in [7, 11) is -2.39. The molecule has 0 aliphatic rings. The second-order valence-corrected chi connectivity index (χ2v) is 5.28. The van der Waals surface area contributed by atoms with Crippen LogP contribution in [0.1, 0.15) is 5.56 Å². The van der Waals surface area contributed by atoms with Gasteiger partial charge in [0.2, 0.25) is 10.0 Å². The zero-order valence-corrected chi connectivity index (χ0v) is 11.0. The Bertz CT molecular complexity index is 488. The Morgan fingerprint density at radius 1 is 1.39 bits per heavy atom. The normalized spacial score (nSPS) is 11.5. The third-order valence-electron chi connectivity index (χ3n) is 2.41. The second kappa shape index (κ2) is 6.69. The summed E-state index contributed by atoms with van der Waals surface area (Å²) >= 11 is 0. The molecule has 18 heavy (non-hydrogen) atoms. The number of ether oxygens (including phenoxy) is 1. The molecule has 0 aliphatic heterocycles. The lowest BCUT2D eigenvalue weighted by Crippen LogP contribution is -2.21. The Balaban J connectivity index is 2.84. The van der Waals surface area contributed by atoms with Crippen LogP contribution in [-0.4, -0.2) is 40.3 Å². The average molecular weight is 274 g/mol. The molecule has 0 heterocycles. The molecule has 0 atom stereocenters. The first-order valence-electron chi connectivity index (χ1n) is 5.50. The van der Waals surface area contributed by atoms with E-state index in [1.807, 2.05) is 0 Å². The molecule has 102 valence electrons. The van der Waals surface area contributed by atoms with Gasteiger partial charge in [0.25, 0.3) is 0 Å². The van der Waals surface area contributed by atoms with Crippen molar-refractivity contribution in [2.75, 3.05) is 26.8 Å². The molecular weight excluding hydrogens is 256 g/mol. The van der Waals surface area contributed by atoms with E-state index in [2.05, 4.69) is 5.32 Å². The monoisotopic (exact) mass is 274 g/mol. The molecular formula is C11H18N2O4S. The highest BCUT2D eigenvalue weighted by atomic mass is 32.2. The fourth-order valence-corrected chi connectivity index (χ4v) is 2.28. The number of sulfonamides is 1. The lowest BCUT2D eigenvalue weighted by atomic mass is 10.1. The summed E-state index contributed by atoms with van der Waals surface area (Å²) in [6.07, 6.45) is 0.645. The van der Waals surface area contributed by atoms with Gasteiger partial charge in [-0.25, -0.2) is 13.6 Å². The first kappa shape index (κ1) is 14.9. The van der Waals surface area contributed by atoms with Crippen molar-refractivity contribution in [2.24, 2.45) is 5.14 Å². The van der Waals surface area contributed by atoms with Gasteiger partial charge < -0.3 is 15.2 Å². The largest absolute Gasteiger partial charge is 0.495 e. The van der Waals surface area contributed by atoms with Crippen LogP contribution in [0.3, 0.4) is 0 Å². The second-order valence-electron chi connectivity index (χ2n) is 3.75. The van der Waals surface area contributed by atoms with Gasteiger partial charge in [0.1, 0.15) is 10.6 Å². The highest BCUT2D eigenvalue weighted by Crippen LogP contribution is 2.23. The summed E-state index contributed by atoms with van der Waals surface area (Å²) in [6.45, 7) is 1.24. The number of aliphatic hydroxyl groups is 1. The lowest BCUT2D eigenvalue weighted by Gasteiger charge is -2.09. The Hall–Kier alpha value is -1.15. The van der Waals surface area contributed by atoms with E-state index in [1.54, 1.807) is 12.1 Å². The minimum Gasteiger partial charge on any atom is -0.495 e. The quantitative estimate of drug-likeness (QED) is 0.580. The molecule has 0 radical (unpaired) electrons. The highest BCUT2D eigenvalue weighted by molar-refractivity contribution is 7.89. The molecule has 0 amide bonds. The zero-order chi connectivity index (χ0) is 13.6. The Morgan fingerprint density at radius 3 is 2.67 bits per heavy atom. The summed E-state index contributed by atoms with van der Waals surface area (Å²) < 4.78 is 27.7. The predicted molar refractivity (Wildman–Crippen MR) is 68.0 cm³/mol. The van der Waals surface area contributed by atoms with Crippen molar-refractivity contribution in [1.29, 1.82) is 0 Å². The van der Waals surface area contributed by atoms with Crippen molar-refractivity contribution in [3.63, 3.8) is 0 Å². The molecule has 7 heteroatoms. The van der Waals surface area contributed by atoms with E-state index < -0.39 is 10.0 Å². The third kappa shape index (κ3) is 4.26. The van der Waals surface area contributed by atoms with Gasteiger partial charge in [0.15, 0.2) is 0 Å². The van der Waals surface area contributed by atoms with Crippen molar-refractivity contribution >= 4 is 10.0 Å². The van der Waals surface area contributed by atoms with E-state index in [9.17, 15) is 8.42 Å². The number of hydrogen-bond acceptors (Lipinski definition) is 5. The molecule has 1 aromatic carbocycles. The minimum atomic E-state index is -3.79. The number of primary sulfonamides is 1. The molecule has 1 aromatic rings. The van der Waals surface area contributed by atoms with Crippen molar-refractivity contribution in [2.45, 2.75) is 11.3 Å². The van der Waals surface area contributed by atoms with Gasteiger partial charge in [-0.05, 0) is 30.7 Å². The number of methoxy groups -OCH3 is 1. The lowest BCUT2D eigenvalue weighted by molar-refractivity contribution is 0.293. The fraction of sp³-hybridized carbons (Fsp3) is 0.455. The first-order valence-corrected chi connectivity index (χ1v) is 7.05. The van der Waals surface area contributed by atoms with E-state index in [1.165, 1.54) is 13.2 Å². The Morgan fingerprint density at radius 2 is 2.11 bits per heavy atom. The van der Waals surface area contributed by atoms with E-state index in [-0.39, 0.29) is 17.3 Å². The van der Waals surface area contributed by atoms with E-state index >= 15 is 0 Å². The van der Waals surface area contributed by atoms with E-state index in [0.29, 0.717) is 19.5 Å². The molecule has 4 N–H and O–H groups in total. The SMILES string of the molecule is COc1ccc(CCNCCO)cc1S(N)(=O)=O. The molecule has 1 rings (SSSR count). The van der Waals surface area contributed by atoms with Crippen LogP contribution in [0.2, 0.25) is 0 Å². The molecule has 0 saturated carbocycles. The average Bonchev–Trinajstić information content (AvgIpc) is 2.33. The molecule has 0 unspecified atom stereocenters. The van der Waals surface area contributed by atoms with Crippen LogP contribution in [0.5, 0.6) is 5.75 Å². The smallest absolute Gasteiger partial charge is 0.241 e. The molecule has 0 spiro atoms. The van der Waals surface area contributed by atoms with Gasteiger partial charge >= 0.3 is 0 Å². The summed E-state index contributed by atoms with van der Waals surface area (Å²) in [5, 5.41) is 16.7. The van der Waals surface area contributed by atoms with Crippen LogP contribution >= 0.6 is 0 Å². The van der Waals surface area contributed by atoms with Crippen LogP contribution in [-0.2, 0) is 16.4 Å². The number of hydrogen-bond donors (Lipinski definition) is 3. The number of nitrogens with two attached hydrogens (primary N) is 1. The van der Waals surface area contributed by atoms with Gasteiger partial charge in [-0.2, -0.15) is 0 Å². The maximum atomic E-state index is 11.4. The van der Waals surface area contributed by atoms with Crippen LogP contribution < -0.4 is 15.2 Å². The highest BCUT2D eigenvalue weighted by Gasteiger charge is 2.15. The number of benzene rings is 1. The first-order chi connectivity index (χ1) is 8.49. The molecule has 0 fully saturated rings. The Labute approximate surface area is 107 Å². The summed E-state index contributed by atoms with van der Waals surface area (Å²) in [6, 6.07) is 4.88. The van der Waals surface area contributed by atoms with Crippen molar-refractivity contribution < 1.29 is 18.3 Å². The standard InChI is InChI=1S/C11H18N2O4S/c1-17-10-3-2-9(4-5-13-6-7-14)8-11(10)18(12,15)16/h2-3,8,13-14H,4-7H2,1H3,(H2,12,15,16). The molecule has 0 saturated heterocycles.